The van der Waals surface area contributed by atoms with Gasteiger partial charge in [0.15, 0.2) is 5.76 Å². The molecule has 1 aromatic heterocycles. The first kappa shape index (κ1) is 19.6. The molecule has 146 valence electrons. The zero-order chi connectivity index (χ0) is 19.4. The third-order valence-corrected chi connectivity index (χ3v) is 4.96. The van der Waals surface area contributed by atoms with Crippen LogP contribution in [0.4, 0.5) is 0 Å². The highest BCUT2D eigenvalue weighted by atomic mass is 16.5. The number of rotatable bonds is 5. The summed E-state index contributed by atoms with van der Waals surface area (Å²) in [6.45, 7) is 12.6. The molecule has 0 bridgehead atoms. The van der Waals surface area contributed by atoms with Crippen molar-refractivity contribution < 1.29 is 13.9 Å². The van der Waals surface area contributed by atoms with Crippen molar-refractivity contribution in [3.63, 3.8) is 0 Å². The molecule has 0 spiro atoms. The maximum absolute atomic E-state index is 12.6. The standard InChI is InChI=1S/C22H30N2O3/c1-17-5-7-18(8-6-17)15-24(22(2,3)4)16-19-9-10-20(27-19)21(25)23-11-13-26-14-12-23/h5-10H,11-16H2,1-4H3. The van der Waals surface area contributed by atoms with Gasteiger partial charge in [0, 0.05) is 25.2 Å². The van der Waals surface area contributed by atoms with Crippen LogP contribution in [0.15, 0.2) is 40.8 Å². The van der Waals surface area contributed by atoms with Crippen LogP contribution >= 0.6 is 0 Å². The number of carbonyl (C=O) groups excluding carboxylic acids is 1. The molecule has 0 saturated carbocycles. The number of ether oxygens (including phenoxy) is 1. The number of benzene rings is 1. The molecule has 5 heteroatoms. The molecule has 0 unspecified atom stereocenters. The lowest BCUT2D eigenvalue weighted by atomic mass is 10.0. The number of hydrogen-bond donors (Lipinski definition) is 0. The van der Waals surface area contributed by atoms with Gasteiger partial charge in [-0.25, -0.2) is 0 Å². The average molecular weight is 370 g/mol. The first-order chi connectivity index (χ1) is 12.8. The minimum atomic E-state index is -0.0506. The molecule has 1 aliphatic rings. The summed E-state index contributed by atoms with van der Waals surface area (Å²) in [5.74, 6) is 1.18. The van der Waals surface area contributed by atoms with Crippen LogP contribution in [0, 0.1) is 6.92 Å². The summed E-state index contributed by atoms with van der Waals surface area (Å²) >= 11 is 0. The second-order valence-corrected chi connectivity index (χ2v) is 8.18. The first-order valence-corrected chi connectivity index (χ1v) is 9.59. The van der Waals surface area contributed by atoms with E-state index in [9.17, 15) is 4.79 Å². The zero-order valence-corrected chi connectivity index (χ0v) is 16.8. The molecule has 1 aliphatic heterocycles. The van der Waals surface area contributed by atoms with Gasteiger partial charge in [0.25, 0.3) is 5.91 Å². The van der Waals surface area contributed by atoms with Gasteiger partial charge in [0.05, 0.1) is 19.8 Å². The predicted molar refractivity (Wildman–Crippen MR) is 106 cm³/mol. The molecule has 3 rings (SSSR count). The SMILES string of the molecule is Cc1ccc(CN(Cc2ccc(C(=O)N3CCOCC3)o2)C(C)(C)C)cc1. The van der Waals surface area contributed by atoms with Crippen LogP contribution in [-0.2, 0) is 17.8 Å². The monoisotopic (exact) mass is 370 g/mol. The second kappa shape index (κ2) is 8.28. The number of morpholine rings is 1. The third kappa shape index (κ3) is 5.21. The Morgan fingerprint density at radius 1 is 1.04 bits per heavy atom. The second-order valence-electron chi connectivity index (χ2n) is 8.18. The maximum Gasteiger partial charge on any atom is 0.289 e. The largest absolute Gasteiger partial charge is 0.455 e. The van der Waals surface area contributed by atoms with E-state index in [4.69, 9.17) is 9.15 Å². The van der Waals surface area contributed by atoms with Crippen LogP contribution in [-0.4, -0.2) is 47.5 Å². The Morgan fingerprint density at radius 2 is 1.70 bits per heavy atom. The molecule has 0 aliphatic carbocycles. The van der Waals surface area contributed by atoms with Gasteiger partial charge in [0.1, 0.15) is 5.76 Å². The van der Waals surface area contributed by atoms with Gasteiger partial charge in [-0.05, 0) is 45.4 Å². The number of furan rings is 1. The van der Waals surface area contributed by atoms with Crippen LogP contribution < -0.4 is 0 Å². The van der Waals surface area contributed by atoms with E-state index in [1.165, 1.54) is 11.1 Å². The highest BCUT2D eigenvalue weighted by Crippen LogP contribution is 2.22. The maximum atomic E-state index is 12.6. The normalized spacial score (nSPS) is 15.4. The van der Waals surface area contributed by atoms with Crippen LogP contribution in [0.25, 0.3) is 0 Å². The highest BCUT2D eigenvalue weighted by molar-refractivity contribution is 5.91. The van der Waals surface area contributed by atoms with Gasteiger partial charge < -0.3 is 14.1 Å². The highest BCUT2D eigenvalue weighted by Gasteiger charge is 2.25. The molecule has 1 fully saturated rings. The summed E-state index contributed by atoms with van der Waals surface area (Å²) in [4.78, 5) is 16.7. The van der Waals surface area contributed by atoms with E-state index in [1.807, 2.05) is 6.07 Å². The topological polar surface area (TPSA) is 45.9 Å². The molecular weight excluding hydrogens is 340 g/mol. The van der Waals surface area contributed by atoms with Gasteiger partial charge in [-0.3, -0.25) is 9.69 Å². The fourth-order valence-corrected chi connectivity index (χ4v) is 3.13. The lowest BCUT2D eigenvalue weighted by Gasteiger charge is -2.35. The van der Waals surface area contributed by atoms with Crippen molar-refractivity contribution in [1.29, 1.82) is 0 Å². The Hall–Kier alpha value is -2.11. The molecule has 0 N–H and O–H groups in total. The third-order valence-electron chi connectivity index (χ3n) is 4.96. The molecule has 0 radical (unpaired) electrons. The summed E-state index contributed by atoms with van der Waals surface area (Å²) in [5, 5.41) is 0. The molecule has 0 atom stereocenters. The number of amides is 1. The molecule has 1 saturated heterocycles. The van der Waals surface area contributed by atoms with Crippen molar-refractivity contribution in [3.05, 3.63) is 59.0 Å². The van der Waals surface area contributed by atoms with E-state index >= 15 is 0 Å². The first-order valence-electron chi connectivity index (χ1n) is 9.59. The Balaban J connectivity index is 1.69. The predicted octanol–water partition coefficient (Wildman–Crippen LogP) is 3.86. The van der Waals surface area contributed by atoms with Gasteiger partial charge >= 0.3 is 0 Å². The van der Waals surface area contributed by atoms with Crippen molar-refractivity contribution in [2.45, 2.75) is 46.3 Å². The molecule has 1 aromatic carbocycles. The zero-order valence-electron chi connectivity index (χ0n) is 16.8. The lowest BCUT2D eigenvalue weighted by Crippen LogP contribution is -2.40. The molecule has 27 heavy (non-hydrogen) atoms. The fraction of sp³-hybridized carbons (Fsp3) is 0.500. The Bertz CT molecular complexity index is 753. The van der Waals surface area contributed by atoms with Gasteiger partial charge in [-0.1, -0.05) is 29.8 Å². The van der Waals surface area contributed by atoms with Crippen molar-refractivity contribution in [2.75, 3.05) is 26.3 Å². The summed E-state index contributed by atoms with van der Waals surface area (Å²) in [6, 6.07) is 12.3. The number of nitrogens with zero attached hydrogens (tertiary/aromatic N) is 2. The van der Waals surface area contributed by atoms with Crippen LogP contribution in [0.3, 0.4) is 0 Å². The average Bonchev–Trinajstić information content (AvgIpc) is 3.11. The number of carbonyl (C=O) groups is 1. The summed E-state index contributed by atoms with van der Waals surface area (Å²) in [5.41, 5.74) is 2.51. The minimum absolute atomic E-state index is 0.0218. The van der Waals surface area contributed by atoms with Crippen LogP contribution in [0.1, 0.15) is 48.2 Å². The van der Waals surface area contributed by atoms with E-state index in [1.54, 1.807) is 11.0 Å². The molecule has 2 heterocycles. The van der Waals surface area contributed by atoms with E-state index < -0.39 is 0 Å². The van der Waals surface area contributed by atoms with Gasteiger partial charge in [-0.2, -0.15) is 0 Å². The molecule has 2 aromatic rings. The molecular formula is C22H30N2O3. The van der Waals surface area contributed by atoms with Crippen molar-refractivity contribution in [1.82, 2.24) is 9.80 Å². The van der Waals surface area contributed by atoms with E-state index in [2.05, 4.69) is 56.9 Å². The van der Waals surface area contributed by atoms with Crippen molar-refractivity contribution in [2.24, 2.45) is 0 Å². The molecule has 5 nitrogen and oxygen atoms in total. The Kier molecular flexibility index (Phi) is 6.02. The smallest absolute Gasteiger partial charge is 0.289 e. The van der Waals surface area contributed by atoms with Crippen LogP contribution in [0.2, 0.25) is 0 Å². The van der Waals surface area contributed by atoms with E-state index in [0.29, 0.717) is 38.6 Å². The molecule has 1 amide bonds. The number of hydrogen-bond acceptors (Lipinski definition) is 4. The summed E-state index contributed by atoms with van der Waals surface area (Å²) < 4.78 is 11.2. The van der Waals surface area contributed by atoms with E-state index in [-0.39, 0.29) is 11.4 Å². The van der Waals surface area contributed by atoms with Gasteiger partial charge in [-0.15, -0.1) is 0 Å². The van der Waals surface area contributed by atoms with Crippen molar-refractivity contribution >= 4 is 5.91 Å². The Labute approximate surface area is 161 Å². The van der Waals surface area contributed by atoms with Crippen molar-refractivity contribution in [3.8, 4) is 0 Å². The minimum Gasteiger partial charge on any atom is -0.455 e. The lowest BCUT2D eigenvalue weighted by molar-refractivity contribution is 0.0279. The summed E-state index contributed by atoms with van der Waals surface area (Å²) in [6.07, 6.45) is 0. The Morgan fingerprint density at radius 3 is 2.33 bits per heavy atom. The quantitative estimate of drug-likeness (QED) is 0.802. The fourth-order valence-electron chi connectivity index (χ4n) is 3.13. The van der Waals surface area contributed by atoms with Gasteiger partial charge in [0.2, 0.25) is 0 Å². The summed E-state index contributed by atoms with van der Waals surface area (Å²) in [7, 11) is 0. The number of aryl methyl sites for hydroxylation is 1. The van der Waals surface area contributed by atoms with Crippen LogP contribution in [0.5, 0.6) is 0 Å². The van der Waals surface area contributed by atoms with E-state index in [0.717, 1.165) is 12.3 Å².